The maximum absolute atomic E-state index is 3.98. The van der Waals surface area contributed by atoms with Gasteiger partial charge in [0.2, 0.25) is 0 Å². The van der Waals surface area contributed by atoms with Crippen molar-refractivity contribution in [3.63, 3.8) is 0 Å². The van der Waals surface area contributed by atoms with Crippen LogP contribution in [-0.2, 0) is 6.42 Å². The van der Waals surface area contributed by atoms with Crippen LogP contribution in [0.4, 0.5) is 0 Å². The van der Waals surface area contributed by atoms with E-state index in [0.717, 1.165) is 12.8 Å². The van der Waals surface area contributed by atoms with Crippen molar-refractivity contribution in [1.82, 2.24) is 10.6 Å². The lowest BCUT2D eigenvalue weighted by molar-refractivity contribution is 0.338. The van der Waals surface area contributed by atoms with Gasteiger partial charge in [0.1, 0.15) is 0 Å². The highest BCUT2D eigenvalue weighted by atomic mass is 15.0. The molecule has 3 aliphatic rings. The van der Waals surface area contributed by atoms with Crippen LogP contribution in [0, 0.1) is 17.3 Å². The highest BCUT2D eigenvalue weighted by Gasteiger charge is 2.46. The average Bonchev–Trinajstić information content (AvgIpc) is 2.67. The van der Waals surface area contributed by atoms with Crippen molar-refractivity contribution in [2.75, 3.05) is 7.05 Å². The Morgan fingerprint density at radius 3 is 2.54 bits per heavy atom. The number of rotatable bonds is 3. The van der Waals surface area contributed by atoms with Crippen LogP contribution >= 0.6 is 0 Å². The van der Waals surface area contributed by atoms with E-state index in [2.05, 4.69) is 94.8 Å². The fourth-order valence-electron chi connectivity index (χ4n) is 5.52. The Kier molecular flexibility index (Phi) is 4.77. The largest absolute Gasteiger partial charge is 0.391 e. The molecule has 1 aromatic carbocycles. The van der Waals surface area contributed by atoms with Gasteiger partial charge in [-0.05, 0) is 67.9 Å². The summed E-state index contributed by atoms with van der Waals surface area (Å²) in [4.78, 5) is 0. The predicted octanol–water partition coefficient (Wildman–Crippen LogP) is 5.60. The average molecular weight is 375 g/mol. The monoisotopic (exact) mass is 374 g/mol. The van der Waals surface area contributed by atoms with E-state index < -0.39 is 0 Å². The highest BCUT2D eigenvalue weighted by Crippen LogP contribution is 2.51. The zero-order valence-corrected chi connectivity index (χ0v) is 18.2. The minimum atomic E-state index is 0.0178. The van der Waals surface area contributed by atoms with Crippen molar-refractivity contribution in [3.05, 3.63) is 76.2 Å². The molecule has 2 N–H and O–H groups in total. The van der Waals surface area contributed by atoms with Gasteiger partial charge in [-0.2, -0.15) is 0 Å². The quantitative estimate of drug-likeness (QED) is 0.719. The first-order valence-electron chi connectivity index (χ1n) is 10.7. The molecule has 4 unspecified atom stereocenters. The lowest BCUT2D eigenvalue weighted by atomic mass is 9.60. The van der Waals surface area contributed by atoms with Crippen molar-refractivity contribution < 1.29 is 0 Å². The van der Waals surface area contributed by atoms with Gasteiger partial charge >= 0.3 is 0 Å². The Morgan fingerprint density at radius 2 is 1.82 bits per heavy atom. The number of allylic oxidation sites excluding steroid dienone is 6. The molecule has 4 rings (SSSR count). The van der Waals surface area contributed by atoms with Gasteiger partial charge in [0.25, 0.3) is 0 Å². The van der Waals surface area contributed by atoms with Gasteiger partial charge < -0.3 is 10.6 Å². The summed E-state index contributed by atoms with van der Waals surface area (Å²) in [6.07, 6.45) is 9.20. The number of hydrogen-bond donors (Lipinski definition) is 2. The number of hydrogen-bond acceptors (Lipinski definition) is 2. The molecule has 0 bridgehead atoms. The summed E-state index contributed by atoms with van der Waals surface area (Å²) in [6, 6.07) is 9.28. The molecule has 1 aromatic rings. The van der Waals surface area contributed by atoms with Crippen LogP contribution in [0.1, 0.15) is 52.2 Å². The standard InChI is InChI=1S/C26H34N2/c1-16-11-12-21(13-17(16)2)28-25-18(3)14-23(27-6)26(5)15-20-9-7-8-10-22(20)19(4)24(25)26/h7-12,14,17-18,25,27-28H,13,15H2,1-6H3. The van der Waals surface area contributed by atoms with Gasteiger partial charge in [0.05, 0.1) is 6.04 Å². The predicted molar refractivity (Wildman–Crippen MR) is 120 cm³/mol. The summed E-state index contributed by atoms with van der Waals surface area (Å²) >= 11 is 0. The molecule has 3 aliphatic carbocycles. The summed E-state index contributed by atoms with van der Waals surface area (Å²) in [5.74, 6) is 1.05. The van der Waals surface area contributed by atoms with E-state index in [-0.39, 0.29) is 5.41 Å². The van der Waals surface area contributed by atoms with Gasteiger partial charge in [0.15, 0.2) is 0 Å². The van der Waals surface area contributed by atoms with E-state index in [9.17, 15) is 0 Å². The first-order chi connectivity index (χ1) is 13.3. The summed E-state index contributed by atoms with van der Waals surface area (Å²) in [5, 5.41) is 7.51. The van der Waals surface area contributed by atoms with E-state index in [1.165, 1.54) is 33.7 Å². The topological polar surface area (TPSA) is 24.1 Å². The Labute approximate surface area is 170 Å². The molecule has 28 heavy (non-hydrogen) atoms. The zero-order valence-electron chi connectivity index (χ0n) is 18.2. The van der Waals surface area contributed by atoms with Crippen molar-refractivity contribution in [3.8, 4) is 0 Å². The van der Waals surface area contributed by atoms with Crippen LogP contribution in [0.25, 0.3) is 5.57 Å². The van der Waals surface area contributed by atoms with Crippen LogP contribution in [0.5, 0.6) is 0 Å². The second-order valence-electron chi connectivity index (χ2n) is 9.22. The molecule has 148 valence electrons. The van der Waals surface area contributed by atoms with Crippen LogP contribution in [0.2, 0.25) is 0 Å². The summed E-state index contributed by atoms with van der Waals surface area (Å²) in [5.41, 5.74) is 10.1. The maximum atomic E-state index is 3.98. The summed E-state index contributed by atoms with van der Waals surface area (Å²) in [7, 11) is 2.07. The van der Waals surface area contributed by atoms with Crippen molar-refractivity contribution in [2.24, 2.45) is 17.3 Å². The minimum absolute atomic E-state index is 0.0178. The second-order valence-corrected chi connectivity index (χ2v) is 9.22. The van der Waals surface area contributed by atoms with E-state index in [4.69, 9.17) is 0 Å². The Balaban J connectivity index is 1.82. The molecular formula is C26H34N2. The van der Waals surface area contributed by atoms with Crippen LogP contribution in [-0.4, -0.2) is 13.1 Å². The summed E-state index contributed by atoms with van der Waals surface area (Å²) in [6.45, 7) is 11.7. The molecule has 0 aromatic heterocycles. The number of nitrogens with one attached hydrogen (secondary N) is 2. The van der Waals surface area contributed by atoms with Crippen molar-refractivity contribution in [1.29, 1.82) is 0 Å². The lowest BCUT2D eigenvalue weighted by Crippen LogP contribution is -2.49. The third-order valence-corrected chi connectivity index (χ3v) is 7.29. The van der Waals surface area contributed by atoms with Crippen molar-refractivity contribution in [2.45, 2.75) is 53.5 Å². The minimum Gasteiger partial charge on any atom is -0.391 e. The van der Waals surface area contributed by atoms with E-state index >= 15 is 0 Å². The van der Waals surface area contributed by atoms with Gasteiger partial charge in [-0.1, -0.05) is 55.8 Å². The van der Waals surface area contributed by atoms with Gasteiger partial charge in [-0.25, -0.2) is 0 Å². The molecule has 0 aliphatic heterocycles. The Hall–Kier alpha value is -2.22. The molecule has 0 saturated heterocycles. The number of fused-ring (bicyclic) bond motifs is 2. The molecule has 0 fully saturated rings. The fourth-order valence-corrected chi connectivity index (χ4v) is 5.52. The smallest absolute Gasteiger partial charge is 0.0546 e. The van der Waals surface area contributed by atoms with Crippen LogP contribution in [0.3, 0.4) is 0 Å². The first-order valence-corrected chi connectivity index (χ1v) is 10.7. The molecular weight excluding hydrogens is 340 g/mol. The fraction of sp³-hybridized carbons (Fsp3) is 0.462. The molecule has 0 heterocycles. The van der Waals surface area contributed by atoms with E-state index in [0.29, 0.717) is 17.9 Å². The third kappa shape index (κ3) is 2.94. The van der Waals surface area contributed by atoms with Crippen molar-refractivity contribution >= 4 is 5.57 Å². The maximum Gasteiger partial charge on any atom is 0.0546 e. The SMILES string of the molecule is CNC1=CC(C)C(NC2=CC=C(C)C(C)C2)C2=C(C)c3ccccc3CC12C. The zero-order chi connectivity index (χ0) is 20.1. The lowest BCUT2D eigenvalue weighted by Gasteiger charge is -2.49. The normalized spacial score (nSPS) is 31.9. The highest BCUT2D eigenvalue weighted by molar-refractivity contribution is 5.76. The van der Waals surface area contributed by atoms with E-state index in [1.54, 1.807) is 5.57 Å². The van der Waals surface area contributed by atoms with Crippen LogP contribution in [0.15, 0.2) is 65.0 Å². The van der Waals surface area contributed by atoms with Gasteiger partial charge in [-0.3, -0.25) is 0 Å². The second kappa shape index (κ2) is 6.99. The molecule has 2 nitrogen and oxygen atoms in total. The van der Waals surface area contributed by atoms with Gasteiger partial charge in [-0.15, -0.1) is 0 Å². The molecule has 0 saturated carbocycles. The van der Waals surface area contributed by atoms with Gasteiger partial charge in [0, 0.05) is 29.8 Å². The Morgan fingerprint density at radius 1 is 1.07 bits per heavy atom. The first kappa shape index (κ1) is 19.1. The molecule has 4 atom stereocenters. The molecule has 0 radical (unpaired) electrons. The molecule has 0 amide bonds. The summed E-state index contributed by atoms with van der Waals surface area (Å²) < 4.78 is 0. The molecule has 2 heteroatoms. The van der Waals surface area contributed by atoms with Crippen LogP contribution < -0.4 is 10.6 Å². The Bertz CT molecular complexity index is 914. The van der Waals surface area contributed by atoms with E-state index in [1.807, 2.05) is 0 Å². The third-order valence-electron chi connectivity index (χ3n) is 7.29. The molecule has 0 spiro atoms. The number of benzene rings is 1.